The fourth-order valence-corrected chi connectivity index (χ4v) is 3.94. The molecule has 26 heavy (non-hydrogen) atoms. The summed E-state index contributed by atoms with van der Waals surface area (Å²) in [4.78, 5) is 32.1. The molecular formula is C20H21N3O3. The number of rotatable bonds is 2. The monoisotopic (exact) mass is 351 g/mol. The first-order chi connectivity index (χ1) is 12.5. The van der Waals surface area contributed by atoms with E-state index in [0.29, 0.717) is 31.1 Å². The number of carbonyl (C=O) groups excluding carboxylic acids is 1. The molecule has 1 aromatic carbocycles. The number of likely N-dealkylation sites (tertiary alicyclic amines) is 2. The molecule has 6 heteroatoms. The average molecular weight is 351 g/mol. The molecule has 2 aliphatic heterocycles. The summed E-state index contributed by atoms with van der Waals surface area (Å²) in [6.07, 6.45) is 1.63. The first kappa shape index (κ1) is 16.6. The Morgan fingerprint density at radius 1 is 1.19 bits per heavy atom. The van der Waals surface area contributed by atoms with Gasteiger partial charge >= 0.3 is 6.09 Å². The Kier molecular flexibility index (Phi) is 4.11. The van der Waals surface area contributed by atoms with Gasteiger partial charge in [-0.25, -0.2) is 4.79 Å². The van der Waals surface area contributed by atoms with Gasteiger partial charge in [0.1, 0.15) is 0 Å². The molecule has 2 aliphatic rings. The molecule has 0 spiro atoms. The molecule has 0 aliphatic carbocycles. The molecule has 6 nitrogen and oxygen atoms in total. The number of pyridine rings is 1. The second-order valence-electron chi connectivity index (χ2n) is 7.07. The number of aryl methyl sites for hydroxylation is 1. The Bertz CT molecular complexity index is 853. The van der Waals surface area contributed by atoms with Crippen LogP contribution in [0.3, 0.4) is 0 Å². The Morgan fingerprint density at radius 3 is 2.77 bits per heavy atom. The highest BCUT2D eigenvalue weighted by Crippen LogP contribution is 2.35. The number of piperidine rings is 1. The Balaban J connectivity index is 1.63. The van der Waals surface area contributed by atoms with Crippen molar-refractivity contribution in [1.82, 2.24) is 14.8 Å². The lowest BCUT2D eigenvalue weighted by Crippen LogP contribution is -2.66. The fraction of sp³-hybridized carbons (Fsp3) is 0.350. The Morgan fingerprint density at radius 2 is 2.04 bits per heavy atom. The molecule has 2 atom stereocenters. The minimum Gasteiger partial charge on any atom is -0.465 e. The van der Waals surface area contributed by atoms with Gasteiger partial charge in [-0.2, -0.15) is 0 Å². The van der Waals surface area contributed by atoms with Gasteiger partial charge in [-0.1, -0.05) is 23.8 Å². The molecule has 2 amide bonds. The van der Waals surface area contributed by atoms with Gasteiger partial charge in [0.15, 0.2) is 0 Å². The zero-order valence-corrected chi connectivity index (χ0v) is 14.6. The normalized spacial score (nSPS) is 21.7. The Labute approximate surface area is 152 Å². The third-order valence-corrected chi connectivity index (χ3v) is 5.43. The van der Waals surface area contributed by atoms with Crippen molar-refractivity contribution in [2.24, 2.45) is 5.92 Å². The van der Waals surface area contributed by atoms with Gasteiger partial charge < -0.3 is 14.9 Å². The minimum absolute atomic E-state index is 0.0237. The van der Waals surface area contributed by atoms with Crippen LogP contribution in [-0.4, -0.2) is 57.6 Å². The fourth-order valence-electron chi connectivity index (χ4n) is 3.94. The lowest BCUT2D eigenvalue weighted by Gasteiger charge is -2.53. The topological polar surface area (TPSA) is 73.7 Å². The van der Waals surface area contributed by atoms with Crippen LogP contribution in [0.2, 0.25) is 0 Å². The van der Waals surface area contributed by atoms with Crippen LogP contribution in [0.15, 0.2) is 42.6 Å². The average Bonchev–Trinajstić information content (AvgIpc) is 2.63. The summed E-state index contributed by atoms with van der Waals surface area (Å²) in [5.41, 5.74) is 3.23. The molecule has 2 saturated heterocycles. The predicted octanol–water partition coefficient (Wildman–Crippen LogP) is 2.88. The van der Waals surface area contributed by atoms with Crippen molar-refractivity contribution in [3.8, 4) is 11.3 Å². The number of hydrogen-bond donors (Lipinski definition) is 1. The molecule has 2 fully saturated rings. The van der Waals surface area contributed by atoms with E-state index in [1.807, 2.05) is 48.2 Å². The quantitative estimate of drug-likeness (QED) is 0.903. The summed E-state index contributed by atoms with van der Waals surface area (Å²) in [5, 5.41) is 9.25. The van der Waals surface area contributed by atoms with Gasteiger partial charge in [-0.15, -0.1) is 0 Å². The number of benzene rings is 1. The predicted molar refractivity (Wildman–Crippen MR) is 96.9 cm³/mol. The number of carbonyl (C=O) groups is 2. The summed E-state index contributed by atoms with van der Waals surface area (Å²) in [6.45, 7) is 3.62. The molecule has 0 radical (unpaired) electrons. The summed E-state index contributed by atoms with van der Waals surface area (Å²) in [7, 11) is 0. The molecule has 0 saturated carbocycles. The van der Waals surface area contributed by atoms with Crippen molar-refractivity contribution >= 4 is 12.0 Å². The molecular weight excluding hydrogens is 330 g/mol. The molecule has 3 heterocycles. The highest BCUT2D eigenvalue weighted by atomic mass is 16.4. The molecule has 0 bridgehead atoms. The maximum atomic E-state index is 13.2. The first-order valence-electron chi connectivity index (χ1n) is 8.85. The molecule has 4 rings (SSSR count). The zero-order valence-electron chi connectivity index (χ0n) is 14.6. The number of carboxylic acid groups (broad SMARTS) is 1. The molecule has 2 unspecified atom stereocenters. The van der Waals surface area contributed by atoms with E-state index in [1.165, 1.54) is 4.90 Å². The van der Waals surface area contributed by atoms with E-state index in [9.17, 15) is 14.7 Å². The van der Waals surface area contributed by atoms with Gasteiger partial charge in [0, 0.05) is 42.9 Å². The number of aromatic nitrogens is 1. The lowest BCUT2D eigenvalue weighted by atomic mass is 9.81. The van der Waals surface area contributed by atoms with Crippen LogP contribution in [-0.2, 0) is 0 Å². The van der Waals surface area contributed by atoms with Crippen molar-refractivity contribution in [2.45, 2.75) is 19.4 Å². The van der Waals surface area contributed by atoms with Crippen LogP contribution in [0.5, 0.6) is 0 Å². The lowest BCUT2D eigenvalue weighted by molar-refractivity contribution is -0.0237. The summed E-state index contributed by atoms with van der Waals surface area (Å²) in [5.74, 6) is 0.362. The summed E-state index contributed by atoms with van der Waals surface area (Å²) in [6, 6.07) is 11.4. The van der Waals surface area contributed by atoms with Crippen molar-refractivity contribution < 1.29 is 14.7 Å². The second kappa shape index (κ2) is 6.44. The van der Waals surface area contributed by atoms with Crippen LogP contribution in [0.1, 0.15) is 22.3 Å². The smallest absolute Gasteiger partial charge is 0.407 e. The van der Waals surface area contributed by atoms with Crippen molar-refractivity contribution in [2.75, 3.05) is 19.6 Å². The largest absolute Gasteiger partial charge is 0.465 e. The maximum absolute atomic E-state index is 13.2. The summed E-state index contributed by atoms with van der Waals surface area (Å²) < 4.78 is 0. The van der Waals surface area contributed by atoms with E-state index in [1.54, 1.807) is 6.20 Å². The van der Waals surface area contributed by atoms with Crippen LogP contribution in [0.25, 0.3) is 11.3 Å². The number of nitrogens with zero attached hydrogens (tertiary/aromatic N) is 3. The summed E-state index contributed by atoms with van der Waals surface area (Å²) >= 11 is 0. The van der Waals surface area contributed by atoms with E-state index in [2.05, 4.69) is 4.98 Å². The first-order valence-corrected chi connectivity index (χ1v) is 8.85. The number of fused-ring (bicyclic) bond motifs is 1. The standard InChI is InChI=1S/C20H21N3O3/c1-13-5-6-15(17-4-2-3-8-21-17)16(10-13)19(24)23-11-14-7-9-22(20(25)26)12-18(14)23/h2-6,8,10,14,18H,7,9,11-12H2,1H3,(H,25,26). The molecule has 2 aromatic rings. The Hall–Kier alpha value is -2.89. The minimum atomic E-state index is -0.910. The number of hydrogen-bond acceptors (Lipinski definition) is 3. The van der Waals surface area contributed by atoms with Crippen LogP contribution >= 0.6 is 0 Å². The van der Waals surface area contributed by atoms with E-state index in [-0.39, 0.29) is 11.9 Å². The second-order valence-corrected chi connectivity index (χ2v) is 7.07. The molecule has 1 aromatic heterocycles. The van der Waals surface area contributed by atoms with E-state index >= 15 is 0 Å². The van der Waals surface area contributed by atoms with Crippen LogP contribution < -0.4 is 0 Å². The van der Waals surface area contributed by atoms with E-state index in [0.717, 1.165) is 23.2 Å². The SMILES string of the molecule is Cc1ccc(-c2ccccn2)c(C(=O)N2CC3CCN(C(=O)O)CC32)c1. The number of amides is 2. The van der Waals surface area contributed by atoms with Crippen LogP contribution in [0, 0.1) is 12.8 Å². The highest BCUT2D eigenvalue weighted by Gasteiger charge is 2.46. The van der Waals surface area contributed by atoms with Crippen LogP contribution in [0.4, 0.5) is 4.79 Å². The van der Waals surface area contributed by atoms with E-state index < -0.39 is 6.09 Å². The van der Waals surface area contributed by atoms with Crippen molar-refractivity contribution in [3.05, 3.63) is 53.7 Å². The zero-order chi connectivity index (χ0) is 18.3. The van der Waals surface area contributed by atoms with Gasteiger partial charge in [-0.05, 0) is 31.5 Å². The third kappa shape index (κ3) is 2.81. The maximum Gasteiger partial charge on any atom is 0.407 e. The van der Waals surface area contributed by atoms with Gasteiger partial charge in [-0.3, -0.25) is 9.78 Å². The van der Waals surface area contributed by atoms with Crippen molar-refractivity contribution in [3.63, 3.8) is 0 Å². The van der Waals surface area contributed by atoms with E-state index in [4.69, 9.17) is 0 Å². The van der Waals surface area contributed by atoms with Gasteiger partial charge in [0.2, 0.25) is 0 Å². The van der Waals surface area contributed by atoms with Crippen molar-refractivity contribution in [1.29, 1.82) is 0 Å². The third-order valence-electron chi connectivity index (χ3n) is 5.43. The van der Waals surface area contributed by atoms with Gasteiger partial charge in [0.25, 0.3) is 5.91 Å². The van der Waals surface area contributed by atoms with Gasteiger partial charge in [0.05, 0.1) is 11.7 Å². The molecule has 134 valence electrons. The molecule has 1 N–H and O–H groups in total. The highest BCUT2D eigenvalue weighted by molar-refractivity contribution is 6.01.